The van der Waals surface area contributed by atoms with Crippen LogP contribution in [0.25, 0.3) is 0 Å². The highest BCUT2D eigenvalue weighted by Gasteiger charge is 2.40. The Labute approximate surface area is 371 Å². The molecule has 1 fully saturated rings. The number of ketones is 1. The van der Waals surface area contributed by atoms with E-state index < -0.39 is 5.60 Å². The van der Waals surface area contributed by atoms with E-state index in [4.69, 9.17) is 24.3 Å². The summed E-state index contributed by atoms with van der Waals surface area (Å²) in [6.45, 7) is 6.22. The summed E-state index contributed by atoms with van der Waals surface area (Å²) in [6.07, 6.45) is 7.98. The average Bonchev–Trinajstić information content (AvgIpc) is 3.77. The number of Topliss-reactive ketones (excluding diaryl/α,β-unsaturated/α-hetero) is 1. The monoisotopic (exact) mass is 861 g/mol. The topological polar surface area (TPSA) is 189 Å². The van der Waals surface area contributed by atoms with Crippen LogP contribution in [-0.2, 0) is 28.5 Å². The molecule has 0 saturated heterocycles. The van der Waals surface area contributed by atoms with Crippen LogP contribution in [0.15, 0.2) is 132 Å². The van der Waals surface area contributed by atoms with E-state index in [1.165, 1.54) is 5.56 Å². The molecule has 1 aromatic heterocycles. The van der Waals surface area contributed by atoms with Crippen LogP contribution >= 0.6 is 0 Å². The van der Waals surface area contributed by atoms with Crippen molar-refractivity contribution < 1.29 is 38.7 Å². The van der Waals surface area contributed by atoms with Crippen LogP contribution < -0.4 is 26.0 Å². The molecule has 2 amide bonds. The van der Waals surface area contributed by atoms with E-state index in [0.29, 0.717) is 55.0 Å². The Morgan fingerprint density at radius 2 is 1.17 bits per heavy atom. The number of nitrogens with one attached hydrogen (secondary N) is 2. The van der Waals surface area contributed by atoms with E-state index in [1.54, 1.807) is 65.5 Å². The predicted molar refractivity (Wildman–Crippen MR) is 244 cm³/mol. The smallest absolute Gasteiger partial charge is 0.255 e. The zero-order chi connectivity index (χ0) is 46.0. The Morgan fingerprint density at radius 1 is 0.746 bits per heavy atom. The SMILES string of the molecule is CC(C)(C)O.COc1ccccc1C(=O)NCC1(c2ccccc2)CCC(=O)/C(=C\N(C)C)C1.COc1ccccc1C(=O)NCC1(c2ccccc2)CCc2oncc2C1.NO. The van der Waals surface area contributed by atoms with E-state index in [-0.39, 0.29) is 28.4 Å². The molecule has 336 valence electrons. The lowest BCUT2D eigenvalue weighted by Gasteiger charge is -2.39. The molecule has 4 aromatic carbocycles. The van der Waals surface area contributed by atoms with Crippen LogP contribution in [0.4, 0.5) is 0 Å². The number of carbonyl (C=O) groups is 3. The number of aliphatic hydroxyl groups is 1. The Balaban J connectivity index is 0.000000242. The standard InChI is InChI=1S/C24H28N2O3.C22H22N2O3.C4H10O.H3NO/c1-26(2)16-18-15-24(14-13-21(18)27,19-9-5-4-6-10-19)17-25-23(28)20-11-7-8-12-22(20)29-3;1-26-20-10-6-5-9-18(20)21(25)23-15-22(17-7-3-2-4-8-17)12-11-19-16(13-22)14-24-27-19;1-4(2,3)5;1-2/h4-12,16H,13-15,17H2,1-3H3,(H,25,28);2-10,14H,11-13,15H2,1H3,(H,23,25);5H,1-3H3;2H,1H2/b18-16-;;;. The van der Waals surface area contributed by atoms with Gasteiger partial charge in [0.25, 0.3) is 11.8 Å². The Morgan fingerprint density at radius 3 is 1.63 bits per heavy atom. The Hall–Kier alpha value is -6.28. The fourth-order valence-corrected chi connectivity index (χ4v) is 7.87. The van der Waals surface area contributed by atoms with Gasteiger partial charge >= 0.3 is 0 Å². The number of ether oxygens (including phenoxy) is 2. The lowest BCUT2D eigenvalue weighted by molar-refractivity contribution is -0.117. The van der Waals surface area contributed by atoms with Crippen LogP contribution in [0.3, 0.4) is 0 Å². The average molecular weight is 862 g/mol. The van der Waals surface area contributed by atoms with E-state index in [0.717, 1.165) is 41.7 Å². The molecule has 2 atom stereocenters. The molecule has 2 aliphatic rings. The number of nitrogens with two attached hydrogens (primary N) is 1. The van der Waals surface area contributed by atoms with Crippen LogP contribution in [0.1, 0.15) is 89.6 Å². The normalized spacial score (nSPS) is 18.4. The molecule has 0 radical (unpaired) electrons. The molecule has 7 rings (SSSR count). The number of rotatable bonds is 11. The van der Waals surface area contributed by atoms with Crippen molar-refractivity contribution in [2.24, 2.45) is 5.90 Å². The van der Waals surface area contributed by atoms with Crippen LogP contribution in [0, 0.1) is 0 Å². The van der Waals surface area contributed by atoms with Crippen molar-refractivity contribution in [1.82, 2.24) is 20.7 Å². The number of amides is 2. The van der Waals surface area contributed by atoms with Gasteiger partial charge in [0.1, 0.15) is 17.3 Å². The number of methoxy groups -OCH3 is 2. The fourth-order valence-electron chi connectivity index (χ4n) is 7.87. The van der Waals surface area contributed by atoms with E-state index in [9.17, 15) is 14.4 Å². The summed E-state index contributed by atoms with van der Waals surface area (Å²) in [6, 6.07) is 35.0. The number of hydrogen-bond donors (Lipinski definition) is 5. The largest absolute Gasteiger partial charge is 0.496 e. The van der Waals surface area contributed by atoms with Gasteiger partial charge in [-0.25, -0.2) is 5.90 Å². The van der Waals surface area contributed by atoms with Crippen molar-refractivity contribution in [2.45, 2.75) is 75.7 Å². The molecule has 6 N–H and O–H groups in total. The summed E-state index contributed by atoms with van der Waals surface area (Å²) in [5, 5.41) is 25.2. The molecule has 13 nitrogen and oxygen atoms in total. The van der Waals surface area contributed by atoms with Crippen molar-refractivity contribution in [3.05, 3.63) is 161 Å². The number of aryl methyl sites for hydroxylation is 1. The third-order valence-electron chi connectivity index (χ3n) is 10.9. The highest BCUT2D eigenvalue weighted by atomic mass is 16.5. The number of nitrogens with zero attached hydrogens (tertiary/aromatic N) is 2. The number of carbonyl (C=O) groups excluding carboxylic acids is 3. The maximum Gasteiger partial charge on any atom is 0.255 e. The molecular formula is C50H63N5O8. The summed E-state index contributed by atoms with van der Waals surface area (Å²) in [5.41, 5.74) is 4.33. The van der Waals surface area contributed by atoms with Gasteiger partial charge in [0.05, 0.1) is 37.1 Å². The third kappa shape index (κ3) is 13.9. The van der Waals surface area contributed by atoms with Gasteiger partial charge < -0.3 is 39.8 Å². The van der Waals surface area contributed by atoms with Crippen molar-refractivity contribution in [3.8, 4) is 11.5 Å². The molecule has 13 heteroatoms. The summed E-state index contributed by atoms with van der Waals surface area (Å²) < 4.78 is 16.0. The third-order valence-corrected chi connectivity index (χ3v) is 10.9. The van der Waals surface area contributed by atoms with Crippen molar-refractivity contribution in [1.29, 1.82) is 0 Å². The zero-order valence-electron chi connectivity index (χ0n) is 37.5. The van der Waals surface area contributed by atoms with Gasteiger partial charge in [0.2, 0.25) is 0 Å². The minimum absolute atomic E-state index is 0.126. The number of para-hydroxylation sites is 2. The van der Waals surface area contributed by atoms with Gasteiger partial charge in [0, 0.05) is 68.2 Å². The van der Waals surface area contributed by atoms with Gasteiger partial charge in [-0.2, -0.15) is 0 Å². The first-order chi connectivity index (χ1) is 30.2. The highest BCUT2D eigenvalue weighted by molar-refractivity contribution is 5.98. The summed E-state index contributed by atoms with van der Waals surface area (Å²) >= 11 is 0. The van der Waals surface area contributed by atoms with E-state index >= 15 is 0 Å². The molecule has 1 heterocycles. The van der Waals surface area contributed by atoms with Crippen LogP contribution in [0.5, 0.6) is 11.5 Å². The van der Waals surface area contributed by atoms with Gasteiger partial charge in [-0.15, -0.1) is 0 Å². The van der Waals surface area contributed by atoms with E-state index in [2.05, 4.69) is 46.0 Å². The fraction of sp³-hybridized carbons (Fsp3) is 0.360. The molecule has 5 aromatic rings. The highest BCUT2D eigenvalue weighted by Crippen LogP contribution is 2.41. The van der Waals surface area contributed by atoms with Gasteiger partial charge in [0.15, 0.2) is 5.78 Å². The first-order valence-electron chi connectivity index (χ1n) is 20.9. The van der Waals surface area contributed by atoms with Crippen molar-refractivity contribution >= 4 is 17.6 Å². The second-order valence-electron chi connectivity index (χ2n) is 16.9. The minimum atomic E-state index is -0.500. The second-order valence-corrected chi connectivity index (χ2v) is 16.9. The molecular weight excluding hydrogens is 799 g/mol. The molecule has 0 bridgehead atoms. The summed E-state index contributed by atoms with van der Waals surface area (Å²) in [4.78, 5) is 40.1. The van der Waals surface area contributed by atoms with Gasteiger partial charge in [-0.3, -0.25) is 14.4 Å². The van der Waals surface area contributed by atoms with E-state index in [1.807, 2.05) is 85.9 Å². The number of aromatic nitrogens is 1. The number of fused-ring (bicyclic) bond motifs is 1. The first-order valence-corrected chi connectivity index (χ1v) is 20.9. The lowest BCUT2D eigenvalue weighted by atomic mass is 9.67. The molecule has 1 saturated carbocycles. The number of allylic oxidation sites excluding steroid dienone is 1. The predicted octanol–water partition coefficient (Wildman–Crippen LogP) is 7.21. The number of benzene rings is 4. The molecule has 0 spiro atoms. The van der Waals surface area contributed by atoms with Gasteiger partial charge in [-0.05, 0) is 81.8 Å². The molecule has 0 aliphatic heterocycles. The van der Waals surface area contributed by atoms with Crippen molar-refractivity contribution in [3.63, 3.8) is 0 Å². The molecule has 2 unspecified atom stereocenters. The minimum Gasteiger partial charge on any atom is -0.496 e. The van der Waals surface area contributed by atoms with Crippen LogP contribution in [-0.4, -0.2) is 85.0 Å². The quantitative estimate of drug-likeness (QED) is 0.0667. The molecule has 2 aliphatic carbocycles. The summed E-state index contributed by atoms with van der Waals surface area (Å²) in [7, 11) is 6.97. The first kappa shape index (κ1) is 49.4. The second kappa shape index (κ2) is 23.2. The number of hydrogen-bond acceptors (Lipinski definition) is 11. The maximum atomic E-state index is 12.9. The Bertz CT molecular complexity index is 2250. The zero-order valence-corrected chi connectivity index (χ0v) is 37.5. The molecule has 63 heavy (non-hydrogen) atoms. The lowest BCUT2D eigenvalue weighted by Crippen LogP contribution is -2.44. The van der Waals surface area contributed by atoms with Gasteiger partial charge in [-0.1, -0.05) is 90.1 Å². The Kier molecular flexibility index (Phi) is 18.2. The maximum absolute atomic E-state index is 12.9. The van der Waals surface area contributed by atoms with Crippen molar-refractivity contribution in [2.75, 3.05) is 41.4 Å². The summed E-state index contributed by atoms with van der Waals surface area (Å²) in [5.74, 6) is 5.46. The van der Waals surface area contributed by atoms with Crippen LogP contribution in [0.2, 0.25) is 0 Å².